The number of aliphatic carboxylic acids is 1. The number of fused-ring (bicyclic) bond motifs is 1. The van der Waals surface area contributed by atoms with E-state index in [1.165, 1.54) is 23.3 Å². The van der Waals surface area contributed by atoms with E-state index in [4.69, 9.17) is 5.11 Å². The summed E-state index contributed by atoms with van der Waals surface area (Å²) in [4.78, 5) is 22.9. The van der Waals surface area contributed by atoms with Crippen molar-refractivity contribution >= 4 is 17.6 Å². The van der Waals surface area contributed by atoms with Gasteiger partial charge in [0.15, 0.2) is 0 Å². The van der Waals surface area contributed by atoms with Crippen molar-refractivity contribution in [2.45, 2.75) is 44.5 Å². The number of anilines is 1. The molecule has 0 aromatic heterocycles. The van der Waals surface area contributed by atoms with Crippen LogP contribution in [0, 0.1) is 0 Å². The lowest BCUT2D eigenvalue weighted by atomic mass is 9.96. The van der Waals surface area contributed by atoms with Gasteiger partial charge in [-0.1, -0.05) is 30.3 Å². The molecule has 3 aromatic rings. The molecule has 0 aliphatic heterocycles. The Labute approximate surface area is 212 Å². The van der Waals surface area contributed by atoms with Gasteiger partial charge in [0.2, 0.25) is 0 Å². The van der Waals surface area contributed by atoms with E-state index in [1.807, 2.05) is 0 Å². The Morgan fingerprint density at radius 1 is 0.946 bits per heavy atom. The van der Waals surface area contributed by atoms with Gasteiger partial charge in [-0.15, -0.1) is 13.2 Å². The van der Waals surface area contributed by atoms with Gasteiger partial charge in [0.25, 0.3) is 5.91 Å². The second-order valence-corrected chi connectivity index (χ2v) is 8.95. The first-order valence-electron chi connectivity index (χ1n) is 12.0. The minimum absolute atomic E-state index is 0.0328. The first kappa shape index (κ1) is 26.1. The molecule has 0 saturated carbocycles. The molecule has 3 aromatic carbocycles. The molecule has 1 aliphatic rings. The number of carbonyl (C=O) groups is 2. The fourth-order valence-electron chi connectivity index (χ4n) is 4.45. The van der Waals surface area contributed by atoms with Gasteiger partial charge in [0, 0.05) is 17.8 Å². The van der Waals surface area contributed by atoms with Crippen LogP contribution in [-0.2, 0) is 24.1 Å². The van der Waals surface area contributed by atoms with Crippen LogP contribution in [-0.4, -0.2) is 29.9 Å². The van der Waals surface area contributed by atoms with Crippen LogP contribution in [0.5, 0.6) is 5.75 Å². The third-order valence-corrected chi connectivity index (χ3v) is 6.23. The molecular weight excluding hydrogens is 485 g/mol. The minimum atomic E-state index is -4.76. The van der Waals surface area contributed by atoms with E-state index in [9.17, 15) is 22.8 Å². The highest BCUT2D eigenvalue weighted by molar-refractivity contribution is 5.94. The fourth-order valence-corrected chi connectivity index (χ4v) is 4.45. The summed E-state index contributed by atoms with van der Waals surface area (Å²) < 4.78 is 41.8. The summed E-state index contributed by atoms with van der Waals surface area (Å²) in [5, 5.41) is 14.7. The maximum absolute atomic E-state index is 12.6. The minimum Gasteiger partial charge on any atom is -0.481 e. The summed E-state index contributed by atoms with van der Waals surface area (Å²) in [7, 11) is 0. The van der Waals surface area contributed by atoms with Gasteiger partial charge in [0.1, 0.15) is 5.75 Å². The molecule has 0 bridgehead atoms. The smallest absolute Gasteiger partial charge is 0.481 e. The van der Waals surface area contributed by atoms with Crippen molar-refractivity contribution in [3.05, 3.63) is 94.5 Å². The fraction of sp³-hybridized carbons (Fsp3) is 0.286. The molecule has 1 amide bonds. The molecule has 0 saturated heterocycles. The van der Waals surface area contributed by atoms with Crippen molar-refractivity contribution in [3.63, 3.8) is 0 Å². The highest BCUT2D eigenvalue weighted by atomic mass is 19.4. The SMILES string of the molecule is O=C(O)CCNC(=O)c1ccc(NC(Cc2ccc3c(c2)CCC3)c2ccc(OC(F)(F)F)cc2)cc1. The van der Waals surface area contributed by atoms with Gasteiger partial charge in [-0.25, -0.2) is 0 Å². The lowest BCUT2D eigenvalue weighted by molar-refractivity contribution is -0.274. The lowest BCUT2D eigenvalue weighted by Crippen LogP contribution is -2.25. The van der Waals surface area contributed by atoms with E-state index in [0.29, 0.717) is 12.0 Å². The number of ether oxygens (including phenoxy) is 1. The number of nitrogens with one attached hydrogen (secondary N) is 2. The van der Waals surface area contributed by atoms with Crippen LogP contribution in [0.2, 0.25) is 0 Å². The standard InChI is InChI=1S/C28H27F3N2O4/c29-28(30,31)37-24-12-8-20(9-13-24)25(17-18-4-5-19-2-1-3-22(19)16-18)33-23-10-6-21(7-11-23)27(36)32-15-14-26(34)35/h4-13,16,25,33H,1-3,14-15,17H2,(H,32,36)(H,34,35). The second-order valence-electron chi connectivity index (χ2n) is 8.95. The van der Waals surface area contributed by atoms with Crippen molar-refractivity contribution in [1.82, 2.24) is 5.32 Å². The van der Waals surface area contributed by atoms with Crippen LogP contribution in [0.3, 0.4) is 0 Å². The summed E-state index contributed by atoms with van der Waals surface area (Å²) in [6.45, 7) is 0.0328. The van der Waals surface area contributed by atoms with E-state index in [0.717, 1.165) is 36.1 Å². The lowest BCUT2D eigenvalue weighted by Gasteiger charge is -2.22. The monoisotopic (exact) mass is 512 g/mol. The average Bonchev–Trinajstić information content (AvgIpc) is 3.31. The van der Waals surface area contributed by atoms with E-state index in [1.54, 1.807) is 36.4 Å². The summed E-state index contributed by atoms with van der Waals surface area (Å²) in [6, 6.07) is 18.7. The van der Waals surface area contributed by atoms with Crippen LogP contribution in [0.15, 0.2) is 66.7 Å². The van der Waals surface area contributed by atoms with Crippen LogP contribution in [0.4, 0.5) is 18.9 Å². The first-order valence-corrected chi connectivity index (χ1v) is 12.0. The van der Waals surface area contributed by atoms with Gasteiger partial charge >= 0.3 is 12.3 Å². The highest BCUT2D eigenvalue weighted by Gasteiger charge is 2.31. The molecule has 194 valence electrons. The Morgan fingerprint density at radius 3 is 2.32 bits per heavy atom. The zero-order chi connectivity index (χ0) is 26.4. The number of hydrogen-bond acceptors (Lipinski definition) is 4. The molecule has 0 heterocycles. The largest absolute Gasteiger partial charge is 0.573 e. The van der Waals surface area contributed by atoms with E-state index < -0.39 is 12.3 Å². The van der Waals surface area contributed by atoms with Gasteiger partial charge < -0.3 is 20.5 Å². The van der Waals surface area contributed by atoms with Crippen LogP contribution in [0.1, 0.15) is 51.5 Å². The van der Waals surface area contributed by atoms with Crippen molar-refractivity contribution in [3.8, 4) is 5.75 Å². The molecule has 1 unspecified atom stereocenters. The third-order valence-electron chi connectivity index (χ3n) is 6.23. The predicted octanol–water partition coefficient (Wildman–Crippen LogP) is 5.67. The Bertz CT molecular complexity index is 1240. The number of benzene rings is 3. The Hall–Kier alpha value is -4.01. The number of halogens is 3. The van der Waals surface area contributed by atoms with Crippen molar-refractivity contribution < 1.29 is 32.6 Å². The topological polar surface area (TPSA) is 87.7 Å². The molecule has 1 atom stereocenters. The molecule has 9 heteroatoms. The van der Waals surface area contributed by atoms with Crippen molar-refractivity contribution in [2.24, 2.45) is 0 Å². The zero-order valence-electron chi connectivity index (χ0n) is 20.0. The maximum Gasteiger partial charge on any atom is 0.573 e. The third kappa shape index (κ3) is 7.49. The maximum atomic E-state index is 12.6. The molecule has 37 heavy (non-hydrogen) atoms. The number of rotatable bonds is 10. The molecule has 6 nitrogen and oxygen atoms in total. The molecule has 0 spiro atoms. The average molecular weight is 513 g/mol. The Morgan fingerprint density at radius 2 is 1.65 bits per heavy atom. The van der Waals surface area contributed by atoms with Gasteiger partial charge in [0.05, 0.1) is 12.5 Å². The summed E-state index contributed by atoms with van der Waals surface area (Å²) in [5.74, 6) is -1.65. The molecule has 3 N–H and O–H groups in total. The number of carboxylic acid groups (broad SMARTS) is 1. The Kier molecular flexibility index (Phi) is 8.01. The van der Waals surface area contributed by atoms with E-state index >= 15 is 0 Å². The zero-order valence-corrected chi connectivity index (χ0v) is 20.0. The van der Waals surface area contributed by atoms with E-state index in [-0.39, 0.29) is 30.7 Å². The predicted molar refractivity (Wildman–Crippen MR) is 133 cm³/mol. The quantitative estimate of drug-likeness (QED) is 0.326. The molecule has 0 fully saturated rings. The number of amides is 1. The molecule has 4 rings (SSSR count). The van der Waals surface area contributed by atoms with Crippen molar-refractivity contribution in [1.29, 1.82) is 0 Å². The molecular formula is C28H27F3N2O4. The summed E-state index contributed by atoms with van der Waals surface area (Å²) in [5.41, 5.74) is 5.71. The normalized spacial score (nSPS) is 13.5. The van der Waals surface area contributed by atoms with Crippen LogP contribution < -0.4 is 15.4 Å². The molecule has 0 radical (unpaired) electrons. The number of hydrogen-bond donors (Lipinski definition) is 3. The number of carbonyl (C=O) groups excluding carboxylic acids is 1. The van der Waals surface area contributed by atoms with Gasteiger partial charge in [-0.2, -0.15) is 0 Å². The number of alkyl halides is 3. The van der Waals surface area contributed by atoms with Crippen LogP contribution in [0.25, 0.3) is 0 Å². The van der Waals surface area contributed by atoms with Gasteiger partial charge in [-0.3, -0.25) is 9.59 Å². The summed E-state index contributed by atoms with van der Waals surface area (Å²) >= 11 is 0. The summed E-state index contributed by atoms with van der Waals surface area (Å²) in [6.07, 6.45) is -1.07. The number of aryl methyl sites for hydroxylation is 2. The Balaban J connectivity index is 1.51. The van der Waals surface area contributed by atoms with Gasteiger partial charge in [-0.05, 0) is 84.3 Å². The van der Waals surface area contributed by atoms with Crippen LogP contribution >= 0.6 is 0 Å². The van der Waals surface area contributed by atoms with E-state index in [2.05, 4.69) is 33.6 Å². The molecule has 1 aliphatic carbocycles. The number of carboxylic acids is 1. The second kappa shape index (κ2) is 11.4. The van der Waals surface area contributed by atoms with Crippen molar-refractivity contribution in [2.75, 3.05) is 11.9 Å². The first-order chi connectivity index (χ1) is 17.7. The highest BCUT2D eigenvalue weighted by Crippen LogP contribution is 2.30.